The largest absolute Gasteiger partial charge is 0.375 e. The van der Waals surface area contributed by atoms with Gasteiger partial charge in [0.15, 0.2) is 0 Å². The monoisotopic (exact) mass is 383 g/mol. The van der Waals surface area contributed by atoms with Gasteiger partial charge in [0, 0.05) is 17.8 Å². The molecule has 0 fully saturated rings. The van der Waals surface area contributed by atoms with Crippen molar-refractivity contribution in [3.8, 4) is 0 Å². The van der Waals surface area contributed by atoms with E-state index in [0.717, 1.165) is 16.8 Å². The van der Waals surface area contributed by atoms with Gasteiger partial charge in [0.05, 0.1) is 29.1 Å². The zero-order valence-corrected chi connectivity index (χ0v) is 15.2. The van der Waals surface area contributed by atoms with Crippen molar-refractivity contribution >= 4 is 39.8 Å². The summed E-state index contributed by atoms with van der Waals surface area (Å²) in [5.74, 6) is 0.430. The molecule has 0 spiro atoms. The standard InChI is InChI=1S/C19H15ClFN5O/c1-11-3-2-4-15-12(11)9-27-8-7-25(15)18-16-14(21)6-5-13(20)17(16)26-10-22-24-19(26)23-18/h2-6,10H,7-9H2,1H3. The molecule has 1 aliphatic heterocycles. The van der Waals surface area contributed by atoms with Gasteiger partial charge in [-0.2, -0.15) is 4.98 Å². The van der Waals surface area contributed by atoms with Crippen molar-refractivity contribution in [3.05, 3.63) is 58.6 Å². The Hall–Kier alpha value is -2.77. The zero-order chi connectivity index (χ0) is 18.5. The minimum atomic E-state index is -0.396. The summed E-state index contributed by atoms with van der Waals surface area (Å²) in [5, 5.41) is 8.72. The minimum absolute atomic E-state index is 0.337. The number of benzene rings is 2. The molecular formula is C19H15ClFN5O. The molecule has 136 valence electrons. The Morgan fingerprint density at radius 3 is 3.00 bits per heavy atom. The summed E-state index contributed by atoms with van der Waals surface area (Å²) in [6, 6.07) is 8.91. The van der Waals surface area contributed by atoms with Gasteiger partial charge < -0.3 is 9.64 Å². The first-order valence-corrected chi connectivity index (χ1v) is 8.94. The SMILES string of the molecule is Cc1cccc2c1COCCN2c1nc2nncn2c2c(Cl)ccc(F)c12. The first-order chi connectivity index (χ1) is 13.1. The summed E-state index contributed by atoms with van der Waals surface area (Å²) < 4.78 is 22.3. The maximum atomic E-state index is 15.0. The van der Waals surface area contributed by atoms with E-state index in [2.05, 4.69) is 15.2 Å². The number of aryl methyl sites for hydroxylation is 1. The maximum absolute atomic E-state index is 15.0. The number of anilines is 2. The van der Waals surface area contributed by atoms with Crippen LogP contribution in [0, 0.1) is 12.7 Å². The van der Waals surface area contributed by atoms with Crippen molar-refractivity contribution in [1.29, 1.82) is 0 Å². The second-order valence-electron chi connectivity index (χ2n) is 6.47. The van der Waals surface area contributed by atoms with Crippen LogP contribution in [0.25, 0.3) is 16.7 Å². The molecule has 5 rings (SSSR count). The van der Waals surface area contributed by atoms with Crippen molar-refractivity contribution in [2.75, 3.05) is 18.1 Å². The van der Waals surface area contributed by atoms with Gasteiger partial charge in [0.2, 0.25) is 0 Å². The van der Waals surface area contributed by atoms with Gasteiger partial charge in [-0.15, -0.1) is 10.2 Å². The topological polar surface area (TPSA) is 55.5 Å². The van der Waals surface area contributed by atoms with E-state index in [1.54, 1.807) is 4.40 Å². The van der Waals surface area contributed by atoms with Gasteiger partial charge in [-0.1, -0.05) is 23.7 Å². The molecule has 0 radical (unpaired) electrons. The Balaban J connectivity index is 1.88. The molecule has 2 aromatic carbocycles. The molecule has 0 saturated carbocycles. The number of ether oxygens (including phenoxy) is 1. The molecule has 0 unspecified atom stereocenters. The molecule has 0 N–H and O–H groups in total. The predicted molar refractivity (Wildman–Crippen MR) is 101 cm³/mol. The number of hydrogen-bond donors (Lipinski definition) is 0. The van der Waals surface area contributed by atoms with Crippen LogP contribution in [0.1, 0.15) is 11.1 Å². The van der Waals surface area contributed by atoms with E-state index in [1.165, 1.54) is 18.5 Å². The molecule has 0 bridgehead atoms. The Bertz CT molecular complexity index is 1190. The van der Waals surface area contributed by atoms with E-state index in [1.807, 2.05) is 30.0 Å². The van der Waals surface area contributed by atoms with Gasteiger partial charge >= 0.3 is 0 Å². The highest BCUT2D eigenvalue weighted by Crippen LogP contribution is 2.38. The average Bonchev–Trinajstić information content (AvgIpc) is 3.02. The van der Waals surface area contributed by atoms with Gasteiger partial charge in [0.1, 0.15) is 18.0 Å². The fraction of sp³-hybridized carbons (Fsp3) is 0.211. The van der Waals surface area contributed by atoms with Crippen LogP contribution >= 0.6 is 11.6 Å². The molecule has 27 heavy (non-hydrogen) atoms. The quantitative estimate of drug-likeness (QED) is 0.496. The minimum Gasteiger partial charge on any atom is -0.375 e. The summed E-state index contributed by atoms with van der Waals surface area (Å²) in [4.78, 5) is 6.60. The molecule has 3 heterocycles. The third kappa shape index (κ3) is 2.46. The molecular weight excluding hydrogens is 369 g/mol. The number of halogens is 2. The van der Waals surface area contributed by atoms with Gasteiger partial charge in [-0.3, -0.25) is 4.40 Å². The number of aromatic nitrogens is 4. The van der Waals surface area contributed by atoms with Crippen LogP contribution in [0.15, 0.2) is 36.7 Å². The zero-order valence-electron chi connectivity index (χ0n) is 14.5. The number of fused-ring (bicyclic) bond motifs is 4. The molecule has 4 aromatic rings. The van der Waals surface area contributed by atoms with Gasteiger partial charge in [0.25, 0.3) is 5.78 Å². The lowest BCUT2D eigenvalue weighted by molar-refractivity contribution is 0.133. The molecule has 0 saturated heterocycles. The van der Waals surface area contributed by atoms with Gasteiger partial charge in [-0.05, 0) is 30.7 Å². The lowest BCUT2D eigenvalue weighted by atomic mass is 10.1. The van der Waals surface area contributed by atoms with Crippen molar-refractivity contribution in [2.24, 2.45) is 0 Å². The Labute approximate surface area is 159 Å². The van der Waals surface area contributed by atoms with Crippen LogP contribution in [-0.2, 0) is 11.3 Å². The third-order valence-corrected chi connectivity index (χ3v) is 5.22. The highest BCUT2D eigenvalue weighted by atomic mass is 35.5. The van der Waals surface area contributed by atoms with Crippen LogP contribution in [-0.4, -0.2) is 32.7 Å². The normalized spacial score (nSPS) is 14.6. The lowest BCUT2D eigenvalue weighted by Crippen LogP contribution is -2.23. The Kier molecular flexibility index (Phi) is 3.73. The maximum Gasteiger partial charge on any atom is 0.257 e. The van der Waals surface area contributed by atoms with E-state index in [-0.39, 0.29) is 0 Å². The fourth-order valence-electron chi connectivity index (χ4n) is 3.60. The van der Waals surface area contributed by atoms with E-state index < -0.39 is 5.82 Å². The van der Waals surface area contributed by atoms with Crippen LogP contribution in [0.3, 0.4) is 0 Å². The lowest BCUT2D eigenvalue weighted by Gasteiger charge is -2.25. The molecule has 2 aromatic heterocycles. The molecule has 0 atom stereocenters. The highest BCUT2D eigenvalue weighted by molar-refractivity contribution is 6.35. The molecule has 6 nitrogen and oxygen atoms in total. The summed E-state index contributed by atoms with van der Waals surface area (Å²) >= 11 is 6.42. The van der Waals surface area contributed by atoms with Crippen LogP contribution in [0.5, 0.6) is 0 Å². The van der Waals surface area contributed by atoms with Crippen LogP contribution < -0.4 is 4.90 Å². The molecule has 8 heteroatoms. The number of hydrogen-bond acceptors (Lipinski definition) is 5. The molecule has 0 aliphatic carbocycles. The van der Waals surface area contributed by atoms with Crippen LogP contribution in [0.4, 0.5) is 15.9 Å². The van der Waals surface area contributed by atoms with Crippen molar-refractivity contribution in [2.45, 2.75) is 13.5 Å². The first kappa shape index (κ1) is 16.4. The average molecular weight is 384 g/mol. The first-order valence-electron chi connectivity index (χ1n) is 8.56. The van der Waals surface area contributed by atoms with E-state index >= 15 is 0 Å². The second-order valence-corrected chi connectivity index (χ2v) is 6.87. The smallest absolute Gasteiger partial charge is 0.257 e. The fourth-order valence-corrected chi connectivity index (χ4v) is 3.84. The van der Waals surface area contributed by atoms with Crippen molar-refractivity contribution in [1.82, 2.24) is 19.6 Å². The summed E-state index contributed by atoms with van der Waals surface area (Å²) in [6.07, 6.45) is 1.49. The Morgan fingerprint density at radius 2 is 2.11 bits per heavy atom. The van der Waals surface area contributed by atoms with E-state index in [9.17, 15) is 4.39 Å². The Morgan fingerprint density at radius 1 is 1.22 bits per heavy atom. The highest BCUT2D eigenvalue weighted by Gasteiger charge is 2.25. The molecule has 1 aliphatic rings. The summed E-state index contributed by atoms with van der Waals surface area (Å²) in [5.41, 5.74) is 3.63. The summed E-state index contributed by atoms with van der Waals surface area (Å²) in [6.45, 7) is 3.58. The second kappa shape index (κ2) is 6.14. The van der Waals surface area contributed by atoms with Gasteiger partial charge in [-0.25, -0.2) is 4.39 Å². The van der Waals surface area contributed by atoms with Crippen LogP contribution in [0.2, 0.25) is 5.02 Å². The number of nitrogens with zero attached hydrogens (tertiary/aromatic N) is 5. The van der Waals surface area contributed by atoms with E-state index in [4.69, 9.17) is 16.3 Å². The predicted octanol–water partition coefficient (Wildman–Crippen LogP) is 4.05. The summed E-state index contributed by atoms with van der Waals surface area (Å²) in [7, 11) is 0. The number of rotatable bonds is 1. The van der Waals surface area contributed by atoms with E-state index in [0.29, 0.717) is 47.3 Å². The van der Waals surface area contributed by atoms with Crippen molar-refractivity contribution in [3.63, 3.8) is 0 Å². The third-order valence-electron chi connectivity index (χ3n) is 4.92. The van der Waals surface area contributed by atoms with Crippen molar-refractivity contribution < 1.29 is 9.13 Å². The molecule has 0 amide bonds.